The van der Waals surface area contributed by atoms with Gasteiger partial charge in [-0.3, -0.25) is 4.79 Å². The van der Waals surface area contributed by atoms with Gasteiger partial charge in [-0.05, 0) is 36.2 Å². The molecule has 0 bridgehead atoms. The fourth-order valence-electron chi connectivity index (χ4n) is 1.93. The van der Waals surface area contributed by atoms with Crippen LogP contribution in [0.5, 0.6) is 5.75 Å². The van der Waals surface area contributed by atoms with Crippen LogP contribution in [0.15, 0.2) is 48.5 Å². The van der Waals surface area contributed by atoms with E-state index in [9.17, 15) is 4.79 Å². The van der Waals surface area contributed by atoms with Crippen LogP contribution >= 0.6 is 11.6 Å². The molecule has 0 unspecified atom stereocenters. The minimum absolute atomic E-state index is 0.0280. The van der Waals surface area contributed by atoms with Crippen molar-refractivity contribution in [2.24, 2.45) is 0 Å². The molecule has 2 rings (SSSR count). The zero-order chi connectivity index (χ0) is 16.5. The molecule has 0 saturated heterocycles. The molecule has 0 aromatic heterocycles. The van der Waals surface area contributed by atoms with Crippen LogP contribution in [0.3, 0.4) is 0 Å². The van der Waals surface area contributed by atoms with Crippen LogP contribution < -0.4 is 10.1 Å². The second-order valence-electron chi connectivity index (χ2n) is 5.09. The first kappa shape index (κ1) is 17.3. The lowest BCUT2D eigenvalue weighted by Crippen LogP contribution is -2.31. The van der Waals surface area contributed by atoms with Crippen molar-refractivity contribution < 1.29 is 14.3 Å². The number of hydrogen-bond donors (Lipinski definition) is 1. The maximum absolute atomic E-state index is 11.7. The molecule has 1 amide bonds. The lowest BCUT2D eigenvalue weighted by Gasteiger charge is -2.09. The van der Waals surface area contributed by atoms with Gasteiger partial charge in [0.15, 0.2) is 6.61 Å². The monoisotopic (exact) mass is 333 g/mol. The van der Waals surface area contributed by atoms with E-state index in [1.165, 1.54) is 0 Å². The summed E-state index contributed by atoms with van der Waals surface area (Å²) in [6.45, 7) is 3.31. The summed E-state index contributed by atoms with van der Waals surface area (Å²) in [6.07, 6.45) is 0. The van der Waals surface area contributed by atoms with Crippen molar-refractivity contribution in [2.45, 2.75) is 13.5 Å². The number of benzene rings is 2. The highest BCUT2D eigenvalue weighted by atomic mass is 35.5. The van der Waals surface area contributed by atoms with Crippen LogP contribution in [-0.2, 0) is 16.1 Å². The Morgan fingerprint density at radius 2 is 1.96 bits per heavy atom. The molecule has 0 saturated carbocycles. The van der Waals surface area contributed by atoms with Gasteiger partial charge in [0.25, 0.3) is 5.91 Å². The van der Waals surface area contributed by atoms with E-state index >= 15 is 0 Å². The number of nitrogens with one attached hydrogen (secondary N) is 1. The van der Waals surface area contributed by atoms with Crippen molar-refractivity contribution >= 4 is 17.5 Å². The number of halogens is 1. The summed E-state index contributed by atoms with van der Waals surface area (Å²) in [4.78, 5) is 11.7. The molecule has 23 heavy (non-hydrogen) atoms. The van der Waals surface area contributed by atoms with E-state index in [2.05, 4.69) is 5.32 Å². The minimum atomic E-state index is -0.180. The van der Waals surface area contributed by atoms with Gasteiger partial charge in [-0.2, -0.15) is 0 Å². The molecule has 0 aliphatic carbocycles. The molecule has 0 spiro atoms. The van der Waals surface area contributed by atoms with Gasteiger partial charge in [-0.25, -0.2) is 0 Å². The Morgan fingerprint density at radius 3 is 2.70 bits per heavy atom. The molecule has 4 nitrogen and oxygen atoms in total. The molecule has 0 aliphatic rings. The summed E-state index contributed by atoms with van der Waals surface area (Å²) in [5.74, 6) is 0.447. The number of carbonyl (C=O) groups excluding carboxylic acids is 1. The zero-order valence-corrected chi connectivity index (χ0v) is 13.8. The van der Waals surface area contributed by atoms with E-state index in [4.69, 9.17) is 21.1 Å². The van der Waals surface area contributed by atoms with Gasteiger partial charge in [-0.15, -0.1) is 0 Å². The number of amides is 1. The molecule has 122 valence electrons. The third kappa shape index (κ3) is 6.30. The molecule has 0 heterocycles. The Kier molecular flexibility index (Phi) is 6.91. The predicted molar refractivity (Wildman–Crippen MR) is 90.8 cm³/mol. The smallest absolute Gasteiger partial charge is 0.258 e. The van der Waals surface area contributed by atoms with Gasteiger partial charge in [0, 0.05) is 11.6 Å². The summed E-state index contributed by atoms with van der Waals surface area (Å²) in [5, 5.41) is 3.43. The predicted octanol–water partition coefficient (Wildman–Crippen LogP) is 3.36. The highest BCUT2D eigenvalue weighted by Gasteiger charge is 2.03. The highest BCUT2D eigenvalue weighted by Crippen LogP contribution is 2.20. The molecule has 0 aliphatic heterocycles. The number of aryl methyl sites for hydroxylation is 1. The molecular formula is C18H20ClNO3. The van der Waals surface area contributed by atoms with Gasteiger partial charge in [0.1, 0.15) is 5.75 Å². The van der Waals surface area contributed by atoms with Gasteiger partial charge >= 0.3 is 0 Å². The van der Waals surface area contributed by atoms with E-state index in [0.29, 0.717) is 30.5 Å². The third-order valence-electron chi connectivity index (χ3n) is 3.18. The van der Waals surface area contributed by atoms with Crippen LogP contribution in [0.4, 0.5) is 0 Å². The van der Waals surface area contributed by atoms with Crippen molar-refractivity contribution in [3.8, 4) is 5.75 Å². The largest absolute Gasteiger partial charge is 0.484 e. The molecule has 5 heteroatoms. The average Bonchev–Trinajstić information content (AvgIpc) is 2.56. The van der Waals surface area contributed by atoms with Crippen LogP contribution in [-0.4, -0.2) is 25.7 Å². The first-order chi connectivity index (χ1) is 11.1. The minimum Gasteiger partial charge on any atom is -0.484 e. The molecule has 1 N–H and O–H groups in total. The number of rotatable bonds is 8. The number of ether oxygens (including phenoxy) is 2. The van der Waals surface area contributed by atoms with E-state index in [0.717, 1.165) is 11.1 Å². The van der Waals surface area contributed by atoms with Crippen molar-refractivity contribution in [1.82, 2.24) is 5.32 Å². The first-order valence-corrected chi connectivity index (χ1v) is 7.80. The Hall–Kier alpha value is -2.04. The third-order valence-corrected chi connectivity index (χ3v) is 3.60. The highest BCUT2D eigenvalue weighted by molar-refractivity contribution is 6.31. The summed E-state index contributed by atoms with van der Waals surface area (Å²) < 4.78 is 10.9. The van der Waals surface area contributed by atoms with Crippen LogP contribution in [0.1, 0.15) is 11.1 Å². The van der Waals surface area contributed by atoms with Crippen LogP contribution in [0.2, 0.25) is 5.02 Å². The summed E-state index contributed by atoms with van der Waals surface area (Å²) in [7, 11) is 0. The van der Waals surface area contributed by atoms with E-state index in [-0.39, 0.29) is 12.5 Å². The van der Waals surface area contributed by atoms with Crippen LogP contribution in [0, 0.1) is 6.92 Å². The summed E-state index contributed by atoms with van der Waals surface area (Å²) >= 11 is 5.94. The average molecular weight is 334 g/mol. The van der Waals surface area contributed by atoms with Crippen molar-refractivity contribution in [1.29, 1.82) is 0 Å². The number of hydrogen-bond acceptors (Lipinski definition) is 3. The fraction of sp³-hybridized carbons (Fsp3) is 0.278. The van der Waals surface area contributed by atoms with E-state index < -0.39 is 0 Å². The van der Waals surface area contributed by atoms with Gasteiger partial charge in [0.05, 0.1) is 13.2 Å². The Labute approximate surface area is 141 Å². The zero-order valence-electron chi connectivity index (χ0n) is 13.0. The van der Waals surface area contributed by atoms with Gasteiger partial charge < -0.3 is 14.8 Å². The number of carbonyl (C=O) groups is 1. The summed E-state index contributed by atoms with van der Waals surface area (Å²) in [6, 6.07) is 15.2. The molecule has 0 fully saturated rings. The Balaban J connectivity index is 1.59. The van der Waals surface area contributed by atoms with E-state index in [1.54, 1.807) is 18.2 Å². The standard InChI is InChI=1S/C18H20ClNO3/c1-14-11-16(7-8-17(14)19)23-13-18(21)20-9-10-22-12-15-5-3-2-4-6-15/h2-8,11H,9-10,12-13H2,1H3,(H,20,21). The molecule has 0 atom stereocenters. The Bertz CT molecular complexity index is 631. The second kappa shape index (κ2) is 9.18. The summed E-state index contributed by atoms with van der Waals surface area (Å²) in [5.41, 5.74) is 2.03. The molecular weight excluding hydrogens is 314 g/mol. The van der Waals surface area contributed by atoms with Crippen molar-refractivity contribution in [3.05, 3.63) is 64.7 Å². The van der Waals surface area contributed by atoms with Crippen LogP contribution in [0.25, 0.3) is 0 Å². The maximum atomic E-state index is 11.7. The molecule has 2 aromatic rings. The van der Waals surface area contributed by atoms with Gasteiger partial charge in [0.2, 0.25) is 0 Å². The fourth-order valence-corrected chi connectivity index (χ4v) is 2.05. The van der Waals surface area contributed by atoms with E-state index in [1.807, 2.05) is 37.3 Å². The SMILES string of the molecule is Cc1cc(OCC(=O)NCCOCc2ccccc2)ccc1Cl. The lowest BCUT2D eigenvalue weighted by atomic mass is 10.2. The Morgan fingerprint density at radius 1 is 1.17 bits per heavy atom. The normalized spacial score (nSPS) is 10.3. The second-order valence-corrected chi connectivity index (χ2v) is 5.50. The van der Waals surface area contributed by atoms with Gasteiger partial charge in [-0.1, -0.05) is 41.9 Å². The molecule has 2 aromatic carbocycles. The topological polar surface area (TPSA) is 47.6 Å². The first-order valence-electron chi connectivity index (χ1n) is 7.42. The van der Waals surface area contributed by atoms with Crippen molar-refractivity contribution in [2.75, 3.05) is 19.8 Å². The molecule has 0 radical (unpaired) electrons. The maximum Gasteiger partial charge on any atom is 0.258 e. The van der Waals surface area contributed by atoms with Crippen molar-refractivity contribution in [3.63, 3.8) is 0 Å². The quantitative estimate of drug-likeness (QED) is 0.753. The lowest BCUT2D eigenvalue weighted by molar-refractivity contribution is -0.123.